The van der Waals surface area contributed by atoms with Crippen LogP contribution >= 0.6 is 17.1 Å². The van der Waals surface area contributed by atoms with Gasteiger partial charge in [0.1, 0.15) is 0 Å². The van der Waals surface area contributed by atoms with Crippen molar-refractivity contribution in [1.29, 1.82) is 0 Å². The molecule has 0 aromatic heterocycles. The molecule has 29 heavy (non-hydrogen) atoms. The van der Waals surface area contributed by atoms with Gasteiger partial charge in [-0.25, -0.2) is 0 Å². The van der Waals surface area contributed by atoms with Crippen molar-refractivity contribution in [3.05, 3.63) is 71.8 Å². The lowest BCUT2D eigenvalue weighted by Crippen LogP contribution is -2.30. The van der Waals surface area contributed by atoms with E-state index in [1.165, 1.54) is 0 Å². The molecule has 6 heteroatoms. The summed E-state index contributed by atoms with van der Waals surface area (Å²) < 4.78 is 12.6. The van der Waals surface area contributed by atoms with E-state index in [2.05, 4.69) is 26.0 Å². The van der Waals surface area contributed by atoms with Crippen molar-refractivity contribution in [2.75, 3.05) is 6.61 Å². The van der Waals surface area contributed by atoms with Gasteiger partial charge >= 0.3 is 0 Å². The molecule has 4 atom stereocenters. The highest BCUT2D eigenvalue weighted by Gasteiger charge is 2.38. The summed E-state index contributed by atoms with van der Waals surface area (Å²) in [6.45, 7) is 5.00. The fraction of sp³-hybridized carbons (Fsp3) is 0.435. The summed E-state index contributed by atoms with van der Waals surface area (Å²) in [5.41, 5.74) is -0.707. The number of hydrogen-bond donors (Lipinski definition) is 0. The van der Waals surface area contributed by atoms with E-state index in [9.17, 15) is 4.79 Å². The number of hydrogen-bond acceptors (Lipinski definition) is 5. The van der Waals surface area contributed by atoms with E-state index >= 15 is 0 Å². The fourth-order valence-electron chi connectivity index (χ4n) is 3.54. The minimum Gasteiger partial charge on any atom is -0.321 e. The molecule has 1 aliphatic rings. The molecule has 4 unspecified atom stereocenters. The Morgan fingerprint density at radius 1 is 1.14 bits per heavy atom. The summed E-state index contributed by atoms with van der Waals surface area (Å²) in [5.74, 6) is 0.509. The van der Waals surface area contributed by atoms with Gasteiger partial charge in [-0.3, -0.25) is 4.79 Å². The molecule has 0 aliphatic carbocycles. The zero-order valence-electron chi connectivity index (χ0n) is 17.0. The molecule has 1 saturated heterocycles. The second kappa shape index (κ2) is 10.9. The molecule has 2 aromatic rings. The second-order valence-electron chi connectivity index (χ2n) is 7.34. The third-order valence-corrected chi connectivity index (χ3v) is 10.6. The molecule has 2 aromatic carbocycles. The van der Waals surface area contributed by atoms with Crippen LogP contribution in [-0.4, -0.2) is 18.5 Å². The smallest absolute Gasteiger partial charge is 0.248 e. The molecule has 0 saturated carbocycles. The van der Waals surface area contributed by atoms with Crippen molar-refractivity contribution in [1.82, 2.24) is 0 Å². The van der Waals surface area contributed by atoms with Crippen molar-refractivity contribution in [2.24, 2.45) is 5.92 Å². The number of carbonyl (C=O) groups is 1. The van der Waals surface area contributed by atoms with Crippen molar-refractivity contribution in [2.45, 2.75) is 50.9 Å². The summed E-state index contributed by atoms with van der Waals surface area (Å²) in [6, 6.07) is 19.5. The van der Waals surface area contributed by atoms with E-state index in [4.69, 9.17) is 20.9 Å². The average molecular weight is 449 g/mol. The third kappa shape index (κ3) is 6.26. The van der Waals surface area contributed by atoms with Crippen LogP contribution in [0.4, 0.5) is 0 Å². The number of benzene rings is 2. The molecule has 1 heterocycles. The SMILES string of the molecule is CCCC1OP(=S)(SC(CC(=O)c2ccccc2)c2ccccc2)OCC1CC. The first-order chi connectivity index (χ1) is 14.0. The topological polar surface area (TPSA) is 35.5 Å². The van der Waals surface area contributed by atoms with E-state index in [1.807, 2.05) is 48.5 Å². The van der Waals surface area contributed by atoms with E-state index in [-0.39, 0.29) is 17.1 Å². The van der Waals surface area contributed by atoms with Crippen LogP contribution in [0.1, 0.15) is 60.7 Å². The Labute approximate surface area is 183 Å². The number of carbonyl (C=O) groups excluding carboxylic acids is 1. The van der Waals surface area contributed by atoms with E-state index < -0.39 is 5.69 Å². The molecule has 0 radical (unpaired) electrons. The van der Waals surface area contributed by atoms with Gasteiger partial charge in [0, 0.05) is 23.2 Å². The van der Waals surface area contributed by atoms with Crippen LogP contribution in [-0.2, 0) is 20.9 Å². The Bertz CT molecular complexity index is 829. The Kier molecular flexibility index (Phi) is 8.52. The number of ketones is 1. The summed E-state index contributed by atoms with van der Waals surface area (Å²) in [4.78, 5) is 12.9. The van der Waals surface area contributed by atoms with Crippen molar-refractivity contribution in [3.8, 4) is 0 Å². The maximum absolute atomic E-state index is 12.9. The third-order valence-electron chi connectivity index (χ3n) is 5.23. The maximum Gasteiger partial charge on any atom is 0.248 e. The van der Waals surface area contributed by atoms with Crippen LogP contribution in [0.15, 0.2) is 60.7 Å². The van der Waals surface area contributed by atoms with Gasteiger partial charge in [-0.2, -0.15) is 0 Å². The molecular weight excluding hydrogens is 419 g/mol. The summed E-state index contributed by atoms with van der Waals surface area (Å²) >= 11 is 7.46. The van der Waals surface area contributed by atoms with Crippen LogP contribution in [0.5, 0.6) is 0 Å². The van der Waals surface area contributed by atoms with Gasteiger partial charge < -0.3 is 9.05 Å². The monoisotopic (exact) mass is 448 g/mol. The highest BCUT2D eigenvalue weighted by atomic mass is 32.9. The molecule has 1 fully saturated rings. The quantitative estimate of drug-likeness (QED) is 0.299. The van der Waals surface area contributed by atoms with Gasteiger partial charge in [-0.15, -0.1) is 0 Å². The van der Waals surface area contributed by atoms with Crippen molar-refractivity contribution < 1.29 is 13.8 Å². The normalized spacial score (nSPS) is 25.4. The molecule has 3 rings (SSSR count). The Hall–Kier alpha value is -0.970. The first-order valence-corrected chi connectivity index (χ1v) is 14.4. The molecule has 0 amide bonds. The van der Waals surface area contributed by atoms with Crippen LogP contribution in [0.25, 0.3) is 0 Å². The van der Waals surface area contributed by atoms with Gasteiger partial charge in [-0.1, -0.05) is 92.3 Å². The van der Waals surface area contributed by atoms with Crippen molar-refractivity contribution >= 4 is 34.7 Å². The minimum absolute atomic E-state index is 0.0878. The minimum atomic E-state index is -2.52. The lowest BCUT2D eigenvalue weighted by Gasteiger charge is -2.38. The molecule has 156 valence electrons. The van der Waals surface area contributed by atoms with Crippen molar-refractivity contribution in [3.63, 3.8) is 0 Å². The van der Waals surface area contributed by atoms with Gasteiger partial charge in [0.25, 0.3) is 0 Å². The molecule has 0 bridgehead atoms. The lowest BCUT2D eigenvalue weighted by atomic mass is 9.97. The predicted molar refractivity (Wildman–Crippen MR) is 126 cm³/mol. The lowest BCUT2D eigenvalue weighted by molar-refractivity contribution is 0.0442. The van der Waals surface area contributed by atoms with Crippen LogP contribution < -0.4 is 0 Å². The Balaban J connectivity index is 1.79. The van der Waals surface area contributed by atoms with E-state index in [0.29, 0.717) is 18.9 Å². The first-order valence-electron chi connectivity index (χ1n) is 10.3. The Morgan fingerprint density at radius 3 is 2.41 bits per heavy atom. The van der Waals surface area contributed by atoms with Crippen LogP contribution in [0, 0.1) is 5.92 Å². The molecule has 1 aliphatic heterocycles. The van der Waals surface area contributed by atoms with E-state index in [0.717, 1.165) is 30.4 Å². The van der Waals surface area contributed by atoms with Gasteiger partial charge in [0.15, 0.2) is 5.78 Å². The number of rotatable bonds is 9. The molecular formula is C23H29O3PS2. The zero-order valence-corrected chi connectivity index (χ0v) is 19.6. The maximum atomic E-state index is 12.9. The first kappa shape index (κ1) is 22.7. The molecule has 0 spiro atoms. The summed E-state index contributed by atoms with van der Waals surface area (Å²) in [6.07, 6.45) is 3.62. The summed E-state index contributed by atoms with van der Waals surface area (Å²) in [5, 5.41) is -0.0878. The molecule has 0 N–H and O–H groups in total. The van der Waals surface area contributed by atoms with E-state index in [1.54, 1.807) is 11.4 Å². The van der Waals surface area contributed by atoms with Gasteiger partial charge in [0.05, 0.1) is 12.7 Å². The molecule has 3 nitrogen and oxygen atoms in total. The highest BCUT2D eigenvalue weighted by molar-refractivity contribution is 8.68. The Morgan fingerprint density at radius 2 is 1.79 bits per heavy atom. The van der Waals surface area contributed by atoms with Crippen LogP contribution in [0.3, 0.4) is 0 Å². The van der Waals surface area contributed by atoms with Crippen LogP contribution in [0.2, 0.25) is 0 Å². The van der Waals surface area contributed by atoms with Gasteiger partial charge in [0.2, 0.25) is 5.69 Å². The average Bonchev–Trinajstić information content (AvgIpc) is 2.75. The standard InChI is InChI=1S/C23H29O3PS2/c1-3-11-22-18(4-2)17-25-27(28,26-22)29-23(20-14-9-6-10-15-20)16-21(24)19-12-7-5-8-13-19/h5-10,12-15,18,22-23H,3-4,11,16-17H2,1-2H3. The second-order valence-corrected chi connectivity index (χ2v) is 13.7. The largest absolute Gasteiger partial charge is 0.321 e. The number of Topliss-reactive ketones (excluding diaryl/α,β-unsaturated/α-hetero) is 1. The fourth-order valence-corrected chi connectivity index (χ4v) is 9.33. The highest BCUT2D eigenvalue weighted by Crippen LogP contribution is 2.69. The predicted octanol–water partition coefficient (Wildman–Crippen LogP) is 7.20. The van der Waals surface area contributed by atoms with Gasteiger partial charge in [-0.05, 0) is 30.2 Å². The zero-order chi connectivity index (χ0) is 20.7. The summed E-state index contributed by atoms with van der Waals surface area (Å²) in [7, 11) is 0.